The van der Waals surface area contributed by atoms with Crippen LogP contribution in [-0.4, -0.2) is 5.11 Å². The molecule has 0 saturated heterocycles. The summed E-state index contributed by atoms with van der Waals surface area (Å²) in [6.45, 7) is 0. The normalized spacial score (nSPS) is 11.2. The summed E-state index contributed by atoms with van der Waals surface area (Å²) in [4.78, 5) is 0. The molecule has 2 heterocycles. The molecule has 3 rings (SSSR count). The van der Waals surface area contributed by atoms with Crippen LogP contribution >= 0.6 is 0 Å². The summed E-state index contributed by atoms with van der Waals surface area (Å²) >= 11 is 0. The largest absolute Gasteiger partial charge is 0.503 e. The molecule has 1 aromatic carbocycles. The topological polar surface area (TPSA) is 117 Å². The molecule has 0 spiro atoms. The van der Waals surface area contributed by atoms with Crippen LogP contribution in [0.2, 0.25) is 0 Å². The van der Waals surface area contributed by atoms with Crippen LogP contribution < -0.4 is 23.0 Å². The first-order valence-corrected chi connectivity index (χ1v) is 6.71. The Morgan fingerprint density at radius 3 is 2.10 bits per heavy atom. The first-order valence-electron chi connectivity index (χ1n) is 5.47. The van der Waals surface area contributed by atoms with Crippen molar-refractivity contribution in [3.8, 4) is 5.75 Å². The molecule has 104 valence electrons. The number of hydrogen-bond donors (Lipinski definition) is 1. The fraction of sp³-hybridized carbons (Fsp3) is 0. The average molecular weight is 296 g/mol. The van der Waals surface area contributed by atoms with Crippen molar-refractivity contribution in [2.24, 2.45) is 0 Å². The van der Waals surface area contributed by atoms with Crippen LogP contribution in [-0.2, 0) is 0 Å². The van der Waals surface area contributed by atoms with E-state index in [1.807, 2.05) is 28.8 Å². The van der Waals surface area contributed by atoms with Gasteiger partial charge in [-0.25, -0.2) is 18.6 Å². The Hall–Kier alpha value is -1.96. The van der Waals surface area contributed by atoms with E-state index in [0.29, 0.717) is 0 Å². The summed E-state index contributed by atoms with van der Waals surface area (Å²) in [7, 11) is -4.94. The SMILES string of the molecule is Oc1ccc2cc3ccccc3c[n+]2c1.[O-][Cl+3]([O-])([O-])[O-]. The van der Waals surface area contributed by atoms with E-state index in [2.05, 4.69) is 18.2 Å². The smallest absolute Gasteiger partial charge is 0.216 e. The van der Waals surface area contributed by atoms with Crippen LogP contribution in [0.5, 0.6) is 5.75 Å². The molecule has 2 aromatic heterocycles. The number of rotatable bonds is 0. The maximum atomic E-state index is 9.38. The van der Waals surface area contributed by atoms with Gasteiger partial charge in [0.25, 0.3) is 0 Å². The second-order valence-electron chi connectivity index (χ2n) is 4.00. The van der Waals surface area contributed by atoms with Crippen molar-refractivity contribution in [1.82, 2.24) is 0 Å². The number of hydrogen-bond acceptors (Lipinski definition) is 5. The van der Waals surface area contributed by atoms with Gasteiger partial charge in [-0.1, -0.05) is 18.2 Å². The van der Waals surface area contributed by atoms with Crippen LogP contribution in [0.3, 0.4) is 0 Å². The molecule has 0 bridgehead atoms. The van der Waals surface area contributed by atoms with Gasteiger partial charge in [0.15, 0.2) is 11.9 Å². The zero-order valence-corrected chi connectivity index (χ0v) is 10.9. The Morgan fingerprint density at radius 1 is 0.850 bits per heavy atom. The lowest BCUT2D eigenvalue weighted by Gasteiger charge is -2.17. The highest BCUT2D eigenvalue weighted by atomic mass is 35.7. The fourth-order valence-electron chi connectivity index (χ4n) is 1.82. The van der Waals surface area contributed by atoms with Gasteiger partial charge >= 0.3 is 0 Å². The Labute approximate surface area is 116 Å². The Kier molecular flexibility index (Phi) is 4.03. The fourth-order valence-corrected chi connectivity index (χ4v) is 1.82. The van der Waals surface area contributed by atoms with Crippen LogP contribution in [0.4, 0.5) is 0 Å². The third-order valence-corrected chi connectivity index (χ3v) is 2.57. The minimum Gasteiger partial charge on any atom is -0.503 e. The van der Waals surface area contributed by atoms with Crippen LogP contribution in [0.25, 0.3) is 16.3 Å². The molecule has 0 aliphatic rings. The van der Waals surface area contributed by atoms with Gasteiger partial charge in [-0.05, 0) is 17.5 Å². The number of pyridine rings is 2. The standard InChI is InChI=1S/C13H9NO.ClHO4/c15-13-6-5-12-7-10-3-1-2-4-11(10)8-14(12)9-13;2-1(3,4)5/h1-9H;(H,2,3,4,5). The van der Waals surface area contributed by atoms with Crippen molar-refractivity contribution in [3.63, 3.8) is 0 Å². The molecule has 0 aliphatic carbocycles. The predicted molar refractivity (Wildman–Crippen MR) is 58.8 cm³/mol. The summed E-state index contributed by atoms with van der Waals surface area (Å²) in [5.41, 5.74) is 1.08. The van der Waals surface area contributed by atoms with Gasteiger partial charge in [0, 0.05) is 17.5 Å². The first kappa shape index (κ1) is 14.4. The van der Waals surface area contributed by atoms with Crippen molar-refractivity contribution >= 4 is 16.3 Å². The molecule has 20 heavy (non-hydrogen) atoms. The summed E-state index contributed by atoms with van der Waals surface area (Å²) in [6.07, 6.45) is 3.73. The minimum atomic E-state index is -4.94. The molecule has 0 saturated carbocycles. The predicted octanol–water partition coefficient (Wildman–Crippen LogP) is -2.47. The number of halogens is 1. The molecule has 0 radical (unpaired) electrons. The van der Waals surface area contributed by atoms with E-state index < -0.39 is 10.2 Å². The molecule has 1 N–H and O–H groups in total. The zero-order valence-electron chi connectivity index (χ0n) is 10.1. The van der Waals surface area contributed by atoms with E-state index in [4.69, 9.17) is 18.6 Å². The molecular formula is C13H10ClNO5. The zero-order chi connectivity index (χ0) is 14.8. The lowest BCUT2D eigenvalue weighted by molar-refractivity contribution is -2.00. The molecule has 0 aliphatic heterocycles. The Bertz CT molecular complexity index is 735. The Balaban J connectivity index is 0.000000257. The maximum Gasteiger partial charge on any atom is 0.216 e. The number of benzene rings is 1. The molecule has 0 unspecified atom stereocenters. The molecule has 0 amide bonds. The number of aromatic hydroxyl groups is 1. The summed E-state index contributed by atoms with van der Waals surface area (Å²) in [6, 6.07) is 13.9. The van der Waals surface area contributed by atoms with Gasteiger partial charge in [-0.2, -0.15) is 4.40 Å². The van der Waals surface area contributed by atoms with Gasteiger partial charge in [0.2, 0.25) is 11.7 Å². The van der Waals surface area contributed by atoms with E-state index in [1.54, 1.807) is 12.3 Å². The minimum absolute atomic E-state index is 0.280. The summed E-state index contributed by atoms with van der Waals surface area (Å²) in [5.74, 6) is 0.280. The van der Waals surface area contributed by atoms with Crippen molar-refractivity contribution in [2.45, 2.75) is 0 Å². The molecule has 6 nitrogen and oxygen atoms in total. The van der Waals surface area contributed by atoms with E-state index in [-0.39, 0.29) is 5.75 Å². The molecule has 0 atom stereocenters. The highest BCUT2D eigenvalue weighted by Gasteiger charge is 2.05. The first-order chi connectivity index (χ1) is 9.33. The second-order valence-corrected chi connectivity index (χ2v) is 4.76. The summed E-state index contributed by atoms with van der Waals surface area (Å²) < 4.78 is 35.9. The molecule has 0 fully saturated rings. The third kappa shape index (κ3) is 4.02. The number of aromatic nitrogens is 1. The van der Waals surface area contributed by atoms with E-state index in [9.17, 15) is 5.11 Å². The lowest BCUT2D eigenvalue weighted by Crippen LogP contribution is -2.68. The maximum absolute atomic E-state index is 9.38. The van der Waals surface area contributed by atoms with Crippen LogP contribution in [0.15, 0.2) is 54.9 Å². The molecular weight excluding hydrogens is 286 g/mol. The van der Waals surface area contributed by atoms with E-state index >= 15 is 0 Å². The average Bonchev–Trinajstić information content (AvgIpc) is 2.34. The lowest BCUT2D eigenvalue weighted by atomic mass is 10.1. The summed E-state index contributed by atoms with van der Waals surface area (Å²) in [5, 5.41) is 11.8. The van der Waals surface area contributed by atoms with Gasteiger partial charge < -0.3 is 5.11 Å². The van der Waals surface area contributed by atoms with E-state index in [1.165, 1.54) is 10.8 Å². The van der Waals surface area contributed by atoms with Crippen molar-refractivity contribution in [2.75, 3.05) is 0 Å². The van der Waals surface area contributed by atoms with Crippen molar-refractivity contribution in [3.05, 3.63) is 54.9 Å². The number of fused-ring (bicyclic) bond motifs is 2. The number of nitrogens with zero attached hydrogens (tertiary/aromatic N) is 1. The van der Waals surface area contributed by atoms with Crippen molar-refractivity contribution < 1.29 is 38.4 Å². The van der Waals surface area contributed by atoms with E-state index in [0.717, 1.165) is 5.52 Å². The Morgan fingerprint density at radius 2 is 1.45 bits per heavy atom. The van der Waals surface area contributed by atoms with Crippen LogP contribution in [0.1, 0.15) is 0 Å². The quantitative estimate of drug-likeness (QED) is 0.364. The molecule has 3 aromatic rings. The van der Waals surface area contributed by atoms with Gasteiger partial charge in [-0.3, -0.25) is 0 Å². The van der Waals surface area contributed by atoms with Gasteiger partial charge in [-0.15, -0.1) is 10.2 Å². The second kappa shape index (κ2) is 5.58. The molecule has 7 heteroatoms. The third-order valence-electron chi connectivity index (χ3n) is 2.57. The van der Waals surface area contributed by atoms with Crippen LogP contribution in [0, 0.1) is 10.2 Å². The monoisotopic (exact) mass is 295 g/mol. The highest BCUT2D eigenvalue weighted by molar-refractivity contribution is 5.83. The van der Waals surface area contributed by atoms with Gasteiger partial charge in [0.1, 0.15) is 0 Å². The van der Waals surface area contributed by atoms with Crippen molar-refractivity contribution in [1.29, 1.82) is 0 Å². The van der Waals surface area contributed by atoms with Gasteiger partial charge in [0.05, 0.1) is 0 Å². The highest BCUT2D eigenvalue weighted by Crippen LogP contribution is 2.14.